The highest BCUT2D eigenvalue weighted by Gasteiger charge is 2.38. The van der Waals surface area contributed by atoms with Crippen LogP contribution < -0.4 is 11.1 Å². The smallest absolute Gasteiger partial charge is 0.191 e. The number of nitrogens with one attached hydrogen (secondary N) is 1. The fourth-order valence-corrected chi connectivity index (χ4v) is 4.15. The van der Waals surface area contributed by atoms with E-state index in [9.17, 15) is 0 Å². The molecule has 5 heteroatoms. The molecule has 0 unspecified atom stereocenters. The van der Waals surface area contributed by atoms with Crippen LogP contribution in [0.25, 0.3) is 0 Å². The van der Waals surface area contributed by atoms with Crippen LogP contribution in [0.3, 0.4) is 0 Å². The van der Waals surface area contributed by atoms with Gasteiger partial charge in [-0.25, -0.2) is 9.97 Å². The Kier molecular flexibility index (Phi) is 4.19. The normalized spacial score (nSPS) is 21.6. The number of hydrogen-bond donors (Lipinski definition) is 2. The van der Waals surface area contributed by atoms with Crippen molar-refractivity contribution in [2.24, 2.45) is 10.8 Å². The second-order valence-corrected chi connectivity index (χ2v) is 8.19. The van der Waals surface area contributed by atoms with Crippen molar-refractivity contribution < 1.29 is 0 Å². The first-order chi connectivity index (χ1) is 9.19. The van der Waals surface area contributed by atoms with Gasteiger partial charge in [0.05, 0.1) is 0 Å². The van der Waals surface area contributed by atoms with Gasteiger partial charge in [0.15, 0.2) is 5.16 Å². The van der Waals surface area contributed by atoms with E-state index in [1.807, 2.05) is 12.3 Å². The third-order valence-electron chi connectivity index (χ3n) is 3.82. The van der Waals surface area contributed by atoms with Gasteiger partial charge in [0.2, 0.25) is 0 Å². The van der Waals surface area contributed by atoms with Gasteiger partial charge in [-0.05, 0) is 36.3 Å². The Balaban J connectivity index is 2.15. The van der Waals surface area contributed by atoms with Crippen LogP contribution in [0, 0.1) is 10.8 Å². The number of nitrogens with zero attached hydrogens (tertiary/aromatic N) is 2. The number of thioether (sulfide) groups is 1. The number of nitrogens with two attached hydrogens (primary N) is 1. The van der Waals surface area contributed by atoms with E-state index < -0.39 is 0 Å². The molecule has 3 N–H and O–H groups in total. The summed E-state index contributed by atoms with van der Waals surface area (Å²) in [5, 5.41) is 4.29. The van der Waals surface area contributed by atoms with Gasteiger partial charge in [0.1, 0.15) is 11.6 Å². The average Bonchev–Trinajstić information content (AvgIpc) is 2.23. The highest BCUT2D eigenvalue weighted by Crippen LogP contribution is 2.46. The van der Waals surface area contributed by atoms with Crippen LogP contribution in [0.2, 0.25) is 0 Å². The molecule has 0 atom stereocenters. The van der Waals surface area contributed by atoms with Crippen molar-refractivity contribution in [3.8, 4) is 0 Å². The zero-order valence-electron chi connectivity index (χ0n) is 13.2. The van der Waals surface area contributed by atoms with Gasteiger partial charge in [0.25, 0.3) is 0 Å². The average molecular weight is 294 g/mol. The minimum absolute atomic E-state index is 0.361. The van der Waals surface area contributed by atoms with Crippen molar-refractivity contribution in [3.63, 3.8) is 0 Å². The first-order valence-corrected chi connectivity index (χ1v) is 8.37. The van der Waals surface area contributed by atoms with Gasteiger partial charge >= 0.3 is 0 Å². The second-order valence-electron chi connectivity index (χ2n) is 7.42. The molecular weight excluding hydrogens is 268 g/mol. The molecule has 0 aliphatic heterocycles. The monoisotopic (exact) mass is 294 g/mol. The lowest BCUT2D eigenvalue weighted by atomic mass is 9.63. The molecule has 1 aromatic heterocycles. The number of rotatable bonds is 3. The molecule has 2 rings (SSSR count). The van der Waals surface area contributed by atoms with E-state index in [1.165, 1.54) is 18.2 Å². The maximum atomic E-state index is 5.84. The third-order valence-corrected chi connectivity index (χ3v) is 4.36. The first-order valence-electron chi connectivity index (χ1n) is 7.14. The quantitative estimate of drug-likeness (QED) is 0.656. The van der Waals surface area contributed by atoms with Crippen LogP contribution in [0.5, 0.6) is 0 Å². The lowest BCUT2D eigenvalue weighted by Crippen LogP contribution is -2.40. The molecule has 1 fully saturated rings. The highest BCUT2D eigenvalue weighted by molar-refractivity contribution is 7.98. The molecule has 0 radical (unpaired) electrons. The van der Waals surface area contributed by atoms with Gasteiger partial charge in [-0.15, -0.1) is 0 Å². The van der Waals surface area contributed by atoms with Gasteiger partial charge < -0.3 is 11.1 Å². The summed E-state index contributed by atoms with van der Waals surface area (Å²) < 4.78 is 0. The van der Waals surface area contributed by atoms with Crippen LogP contribution in [-0.2, 0) is 0 Å². The number of aromatic nitrogens is 2. The Morgan fingerprint density at radius 2 is 1.80 bits per heavy atom. The molecule has 0 amide bonds. The largest absolute Gasteiger partial charge is 0.383 e. The summed E-state index contributed by atoms with van der Waals surface area (Å²) >= 11 is 1.52. The Bertz CT molecular complexity index is 469. The minimum Gasteiger partial charge on any atom is -0.383 e. The SMILES string of the molecule is CSc1nc(N)cc(NC2CC(C)(C)CC(C)(C)C2)n1. The number of anilines is 2. The Hall–Kier alpha value is -0.970. The molecule has 0 spiro atoms. The molecule has 1 heterocycles. The van der Waals surface area contributed by atoms with Gasteiger partial charge in [-0.3, -0.25) is 0 Å². The van der Waals surface area contributed by atoms with E-state index in [0.717, 1.165) is 23.8 Å². The Morgan fingerprint density at radius 1 is 1.20 bits per heavy atom. The molecular formula is C15H26N4S. The second kappa shape index (κ2) is 5.43. The van der Waals surface area contributed by atoms with Crippen molar-refractivity contribution in [1.82, 2.24) is 9.97 Å². The topological polar surface area (TPSA) is 63.8 Å². The molecule has 0 bridgehead atoms. The van der Waals surface area contributed by atoms with Crippen LogP contribution in [-0.4, -0.2) is 22.3 Å². The standard InChI is InChI=1S/C15H26N4S/c1-14(2)7-10(8-15(3,4)9-14)17-12-6-11(16)18-13(19-12)20-5/h6,10H,7-9H2,1-5H3,(H3,16,17,18,19). The highest BCUT2D eigenvalue weighted by atomic mass is 32.2. The summed E-state index contributed by atoms with van der Waals surface area (Å²) in [4.78, 5) is 8.69. The Morgan fingerprint density at radius 3 is 2.35 bits per heavy atom. The summed E-state index contributed by atoms with van der Waals surface area (Å²) in [6.45, 7) is 9.41. The molecule has 20 heavy (non-hydrogen) atoms. The lowest BCUT2D eigenvalue weighted by Gasteiger charge is -2.45. The summed E-state index contributed by atoms with van der Waals surface area (Å²) in [6.07, 6.45) is 5.55. The van der Waals surface area contributed by atoms with E-state index in [2.05, 4.69) is 43.0 Å². The van der Waals surface area contributed by atoms with Crippen LogP contribution in [0.4, 0.5) is 11.6 Å². The predicted octanol–water partition coefficient (Wildman–Crippen LogP) is 3.80. The molecule has 1 aliphatic carbocycles. The zero-order chi connectivity index (χ0) is 15.0. The van der Waals surface area contributed by atoms with E-state index in [4.69, 9.17) is 5.73 Å². The number of nitrogen functional groups attached to an aromatic ring is 1. The first kappa shape index (κ1) is 15.4. The molecule has 0 aromatic carbocycles. The molecule has 1 aliphatic rings. The van der Waals surface area contributed by atoms with Gasteiger partial charge in [-0.2, -0.15) is 0 Å². The summed E-state index contributed by atoms with van der Waals surface area (Å²) in [7, 11) is 0. The van der Waals surface area contributed by atoms with E-state index >= 15 is 0 Å². The molecule has 1 saturated carbocycles. The third kappa shape index (κ3) is 4.01. The van der Waals surface area contributed by atoms with E-state index in [0.29, 0.717) is 22.7 Å². The zero-order valence-corrected chi connectivity index (χ0v) is 14.0. The van der Waals surface area contributed by atoms with E-state index in [-0.39, 0.29) is 0 Å². The maximum Gasteiger partial charge on any atom is 0.191 e. The Labute approximate surface area is 126 Å². The summed E-state index contributed by atoms with van der Waals surface area (Å²) in [6, 6.07) is 2.27. The molecule has 4 nitrogen and oxygen atoms in total. The molecule has 1 aromatic rings. The summed E-state index contributed by atoms with van der Waals surface area (Å²) in [5.74, 6) is 1.38. The molecule has 112 valence electrons. The van der Waals surface area contributed by atoms with Crippen LogP contribution >= 0.6 is 11.8 Å². The summed E-state index contributed by atoms with van der Waals surface area (Å²) in [5.41, 5.74) is 6.57. The van der Waals surface area contributed by atoms with Crippen LogP contribution in [0.15, 0.2) is 11.2 Å². The van der Waals surface area contributed by atoms with Crippen molar-refractivity contribution in [3.05, 3.63) is 6.07 Å². The van der Waals surface area contributed by atoms with Gasteiger partial charge in [0, 0.05) is 12.1 Å². The molecule has 0 saturated heterocycles. The minimum atomic E-state index is 0.361. The maximum absolute atomic E-state index is 5.84. The van der Waals surface area contributed by atoms with E-state index in [1.54, 1.807) is 0 Å². The number of hydrogen-bond acceptors (Lipinski definition) is 5. The van der Waals surface area contributed by atoms with Crippen molar-refractivity contribution in [1.29, 1.82) is 0 Å². The van der Waals surface area contributed by atoms with Gasteiger partial charge in [-0.1, -0.05) is 39.5 Å². The lowest BCUT2D eigenvalue weighted by molar-refractivity contribution is 0.105. The van der Waals surface area contributed by atoms with Crippen molar-refractivity contribution >= 4 is 23.4 Å². The van der Waals surface area contributed by atoms with Crippen molar-refractivity contribution in [2.45, 2.75) is 58.2 Å². The van der Waals surface area contributed by atoms with Crippen molar-refractivity contribution in [2.75, 3.05) is 17.3 Å². The van der Waals surface area contributed by atoms with Crippen LogP contribution in [0.1, 0.15) is 47.0 Å². The fourth-order valence-electron chi connectivity index (χ4n) is 3.77. The predicted molar refractivity (Wildman–Crippen MR) is 87.0 cm³/mol. The fraction of sp³-hybridized carbons (Fsp3) is 0.733.